The summed E-state index contributed by atoms with van der Waals surface area (Å²) < 4.78 is 23.9. The molecule has 2 rings (SSSR count). The van der Waals surface area contributed by atoms with Crippen LogP contribution in [0.15, 0.2) is 29.4 Å². The Bertz CT molecular complexity index is 792. The Hall–Kier alpha value is -2.11. The van der Waals surface area contributed by atoms with E-state index in [9.17, 15) is 8.42 Å². The van der Waals surface area contributed by atoms with Crippen molar-refractivity contribution in [2.45, 2.75) is 11.4 Å². The number of aromatic nitrogens is 1. The molecule has 0 bridgehead atoms. The topological polar surface area (TPSA) is 100 Å². The predicted molar refractivity (Wildman–Crippen MR) is 82.9 cm³/mol. The third-order valence-electron chi connectivity index (χ3n) is 2.87. The molecule has 0 radical (unpaired) electrons. The van der Waals surface area contributed by atoms with Crippen LogP contribution in [-0.4, -0.2) is 26.7 Å². The molecule has 0 saturated carbocycles. The molecule has 0 fully saturated rings. The lowest BCUT2D eigenvalue weighted by atomic mass is 10.2. The third-order valence-corrected chi connectivity index (χ3v) is 5.38. The fourth-order valence-electron chi connectivity index (χ4n) is 1.94. The Morgan fingerprint density at radius 3 is 2.57 bits per heavy atom. The van der Waals surface area contributed by atoms with Gasteiger partial charge in [0.15, 0.2) is 9.84 Å². The largest absolute Gasteiger partial charge is 0.396 e. The van der Waals surface area contributed by atoms with Crippen molar-refractivity contribution in [1.29, 1.82) is 5.26 Å². The summed E-state index contributed by atoms with van der Waals surface area (Å²) in [5.41, 5.74) is 6.82. The van der Waals surface area contributed by atoms with Crippen LogP contribution in [-0.2, 0) is 16.4 Å². The van der Waals surface area contributed by atoms with Crippen molar-refractivity contribution >= 4 is 31.9 Å². The Morgan fingerprint density at radius 2 is 2.05 bits per heavy atom. The Kier molecular flexibility index (Phi) is 4.16. The fourth-order valence-corrected chi connectivity index (χ4v) is 4.44. The second-order valence-corrected chi connectivity index (χ2v) is 7.53. The summed E-state index contributed by atoms with van der Waals surface area (Å²) in [6, 6.07) is 5.63. The van der Waals surface area contributed by atoms with Crippen molar-refractivity contribution in [3.63, 3.8) is 0 Å². The summed E-state index contributed by atoms with van der Waals surface area (Å²) in [7, 11) is -1.74. The molecule has 0 aliphatic heterocycles. The van der Waals surface area contributed by atoms with Gasteiger partial charge in [0.05, 0.1) is 5.69 Å². The monoisotopic (exact) mass is 322 g/mol. The zero-order valence-corrected chi connectivity index (χ0v) is 13.2. The van der Waals surface area contributed by atoms with E-state index in [1.165, 1.54) is 0 Å². The third kappa shape index (κ3) is 3.15. The van der Waals surface area contributed by atoms with Gasteiger partial charge in [0, 0.05) is 32.2 Å². The maximum Gasteiger partial charge on any atom is 0.180 e. The van der Waals surface area contributed by atoms with E-state index in [0.717, 1.165) is 23.2 Å². The van der Waals surface area contributed by atoms with E-state index < -0.39 is 9.84 Å². The van der Waals surface area contributed by atoms with E-state index in [1.807, 2.05) is 18.2 Å². The molecule has 0 spiro atoms. The molecule has 2 N–H and O–H groups in total. The minimum absolute atomic E-state index is 0.0283. The van der Waals surface area contributed by atoms with E-state index >= 15 is 0 Å². The number of thiophene rings is 1. The normalized spacial score (nSPS) is 11.1. The SMILES string of the molecule is CN(Cc1ccncc1)c1sc(C#N)c(N)c1S(C)(=O)=O. The molecular formula is C13H14N4O2S2. The minimum atomic E-state index is -3.51. The zero-order chi connectivity index (χ0) is 15.6. The van der Waals surface area contributed by atoms with Gasteiger partial charge in [-0.3, -0.25) is 4.98 Å². The van der Waals surface area contributed by atoms with E-state index in [0.29, 0.717) is 11.5 Å². The lowest BCUT2D eigenvalue weighted by molar-refractivity contribution is 0.602. The highest BCUT2D eigenvalue weighted by Gasteiger charge is 2.26. The van der Waals surface area contributed by atoms with Crippen LogP contribution in [0.25, 0.3) is 0 Å². The first-order valence-electron chi connectivity index (χ1n) is 5.97. The molecule has 6 nitrogen and oxygen atoms in total. The van der Waals surface area contributed by atoms with Crippen LogP contribution in [0.1, 0.15) is 10.4 Å². The summed E-state index contributed by atoms with van der Waals surface area (Å²) in [6.45, 7) is 0.496. The molecular weight excluding hydrogens is 308 g/mol. The van der Waals surface area contributed by atoms with Gasteiger partial charge in [0.2, 0.25) is 0 Å². The lowest BCUT2D eigenvalue weighted by Gasteiger charge is -2.18. The summed E-state index contributed by atoms with van der Waals surface area (Å²) in [6.07, 6.45) is 4.44. The number of hydrogen-bond donors (Lipinski definition) is 1. The maximum atomic E-state index is 11.9. The van der Waals surface area contributed by atoms with E-state index in [2.05, 4.69) is 4.98 Å². The quantitative estimate of drug-likeness (QED) is 0.918. The van der Waals surface area contributed by atoms with Crippen molar-refractivity contribution in [3.05, 3.63) is 35.0 Å². The van der Waals surface area contributed by atoms with Gasteiger partial charge in [0.25, 0.3) is 0 Å². The van der Waals surface area contributed by atoms with E-state index in [-0.39, 0.29) is 15.5 Å². The second kappa shape index (κ2) is 5.71. The van der Waals surface area contributed by atoms with Gasteiger partial charge in [-0.2, -0.15) is 5.26 Å². The van der Waals surface area contributed by atoms with E-state index in [4.69, 9.17) is 11.0 Å². The lowest BCUT2D eigenvalue weighted by Crippen LogP contribution is -2.17. The molecule has 2 aromatic rings. The van der Waals surface area contributed by atoms with Crippen molar-refractivity contribution in [3.8, 4) is 6.07 Å². The molecule has 0 aromatic carbocycles. The predicted octanol–water partition coefficient (Wildman–Crippen LogP) is 1.64. The highest BCUT2D eigenvalue weighted by molar-refractivity contribution is 7.91. The molecule has 21 heavy (non-hydrogen) atoms. The van der Waals surface area contributed by atoms with Gasteiger partial charge in [-0.05, 0) is 17.7 Å². The van der Waals surface area contributed by atoms with Gasteiger partial charge < -0.3 is 10.6 Å². The first-order chi connectivity index (χ1) is 9.84. The molecule has 0 aliphatic carbocycles. The number of nitrogens with two attached hydrogens (primary N) is 1. The number of nitrogens with zero attached hydrogens (tertiary/aromatic N) is 3. The van der Waals surface area contributed by atoms with Crippen LogP contribution >= 0.6 is 11.3 Å². The number of nitrogen functional groups attached to an aromatic ring is 1. The first-order valence-corrected chi connectivity index (χ1v) is 8.68. The number of pyridine rings is 1. The molecule has 0 unspecified atom stereocenters. The number of sulfone groups is 1. The standard InChI is InChI=1S/C13H14N4O2S2/c1-17(8-9-3-5-16-6-4-9)13-12(21(2,18)19)11(15)10(7-14)20-13/h3-6H,8,15H2,1-2H3. The molecule has 0 amide bonds. The zero-order valence-electron chi connectivity index (χ0n) is 11.6. The molecule has 2 aromatic heterocycles. The van der Waals surface area contributed by atoms with Gasteiger partial charge in [-0.1, -0.05) is 0 Å². The number of anilines is 2. The Balaban J connectivity index is 2.46. The van der Waals surface area contributed by atoms with Crippen LogP contribution in [0.4, 0.5) is 10.7 Å². The van der Waals surface area contributed by atoms with Crippen molar-refractivity contribution < 1.29 is 8.42 Å². The molecule has 0 saturated heterocycles. The van der Waals surface area contributed by atoms with Gasteiger partial charge >= 0.3 is 0 Å². The first kappa shape index (κ1) is 15.3. The summed E-state index contributed by atoms with van der Waals surface area (Å²) in [4.78, 5) is 5.95. The molecule has 2 heterocycles. The second-order valence-electron chi connectivity index (χ2n) is 4.57. The Morgan fingerprint density at radius 1 is 1.43 bits per heavy atom. The smallest absolute Gasteiger partial charge is 0.180 e. The van der Waals surface area contributed by atoms with Crippen LogP contribution in [0.2, 0.25) is 0 Å². The maximum absolute atomic E-state index is 11.9. The van der Waals surface area contributed by atoms with Gasteiger partial charge in [-0.15, -0.1) is 11.3 Å². The van der Waals surface area contributed by atoms with Crippen LogP contribution in [0.5, 0.6) is 0 Å². The minimum Gasteiger partial charge on any atom is -0.396 e. The number of nitriles is 1. The summed E-state index contributed by atoms with van der Waals surface area (Å²) in [5, 5.41) is 9.53. The van der Waals surface area contributed by atoms with Crippen LogP contribution < -0.4 is 10.6 Å². The highest BCUT2D eigenvalue weighted by atomic mass is 32.2. The highest BCUT2D eigenvalue weighted by Crippen LogP contribution is 2.41. The van der Waals surface area contributed by atoms with Gasteiger partial charge in [-0.25, -0.2) is 8.42 Å². The van der Waals surface area contributed by atoms with Crippen molar-refractivity contribution in [1.82, 2.24) is 4.98 Å². The average molecular weight is 322 g/mol. The van der Waals surface area contributed by atoms with Crippen LogP contribution in [0.3, 0.4) is 0 Å². The number of hydrogen-bond acceptors (Lipinski definition) is 7. The average Bonchev–Trinajstić information content (AvgIpc) is 2.76. The number of rotatable bonds is 4. The summed E-state index contributed by atoms with van der Waals surface area (Å²) in [5.74, 6) is 0. The van der Waals surface area contributed by atoms with E-state index in [1.54, 1.807) is 24.3 Å². The van der Waals surface area contributed by atoms with Gasteiger partial charge in [0.1, 0.15) is 20.8 Å². The van der Waals surface area contributed by atoms with Crippen molar-refractivity contribution in [2.24, 2.45) is 0 Å². The van der Waals surface area contributed by atoms with Crippen molar-refractivity contribution in [2.75, 3.05) is 23.9 Å². The molecule has 0 atom stereocenters. The summed E-state index contributed by atoms with van der Waals surface area (Å²) >= 11 is 1.09. The molecule has 110 valence electrons. The Labute approximate surface area is 127 Å². The van der Waals surface area contributed by atoms with Crippen LogP contribution in [0, 0.1) is 11.3 Å². The molecule has 8 heteroatoms. The fraction of sp³-hybridized carbons (Fsp3) is 0.231. The molecule has 0 aliphatic rings.